The molecule has 5 nitrogen and oxygen atoms in total. The number of thiazole rings is 1. The number of aryl methyl sites for hydroxylation is 1. The van der Waals surface area contributed by atoms with E-state index in [-0.39, 0.29) is 0 Å². The zero-order valence-corrected chi connectivity index (χ0v) is 12.9. The maximum atomic E-state index is 5.88. The Morgan fingerprint density at radius 3 is 2.80 bits per heavy atom. The van der Waals surface area contributed by atoms with E-state index in [4.69, 9.17) is 11.6 Å². The second-order valence-corrected chi connectivity index (χ2v) is 6.26. The number of benzene rings is 1. The fraction of sp³-hybridized carbons (Fsp3) is 0.167. The Kier molecular flexibility index (Phi) is 4.00. The maximum Gasteiger partial charge on any atom is 0.209 e. The third-order valence-electron chi connectivity index (χ3n) is 2.57. The molecule has 0 spiro atoms. The summed E-state index contributed by atoms with van der Waals surface area (Å²) in [6.45, 7) is 0. The second-order valence-electron chi connectivity index (χ2n) is 4.02. The van der Waals surface area contributed by atoms with Crippen LogP contribution in [0.1, 0.15) is 5.69 Å². The van der Waals surface area contributed by atoms with Gasteiger partial charge in [0, 0.05) is 28.8 Å². The van der Waals surface area contributed by atoms with Crippen molar-refractivity contribution in [1.82, 2.24) is 25.2 Å². The van der Waals surface area contributed by atoms with E-state index in [1.54, 1.807) is 27.8 Å². The molecule has 0 aliphatic heterocycles. The third-order valence-corrected chi connectivity index (χ3v) is 4.81. The Morgan fingerprint density at radius 2 is 2.10 bits per heavy atom. The summed E-state index contributed by atoms with van der Waals surface area (Å²) in [4.78, 5) is 4.62. The van der Waals surface area contributed by atoms with Gasteiger partial charge in [-0.15, -0.1) is 16.4 Å². The Bertz CT molecular complexity index is 707. The van der Waals surface area contributed by atoms with Crippen molar-refractivity contribution in [3.63, 3.8) is 0 Å². The van der Waals surface area contributed by atoms with Crippen LogP contribution < -0.4 is 0 Å². The highest BCUT2D eigenvalue weighted by Crippen LogP contribution is 2.27. The van der Waals surface area contributed by atoms with Gasteiger partial charge in [0.25, 0.3) is 0 Å². The lowest BCUT2D eigenvalue weighted by Gasteiger charge is -1.97. The highest BCUT2D eigenvalue weighted by molar-refractivity contribution is 7.98. The SMILES string of the molecule is Cn1nnnc1SCc1csc(-c2ccc(Cl)cc2)n1. The summed E-state index contributed by atoms with van der Waals surface area (Å²) in [6, 6.07) is 7.70. The van der Waals surface area contributed by atoms with Gasteiger partial charge in [0.05, 0.1) is 5.69 Å². The number of rotatable bonds is 4. The third kappa shape index (κ3) is 3.00. The van der Waals surface area contributed by atoms with Crippen molar-refractivity contribution >= 4 is 34.7 Å². The van der Waals surface area contributed by atoms with Crippen LogP contribution in [0.5, 0.6) is 0 Å². The van der Waals surface area contributed by atoms with Gasteiger partial charge >= 0.3 is 0 Å². The van der Waals surface area contributed by atoms with Gasteiger partial charge < -0.3 is 0 Å². The molecular weight excluding hydrogens is 314 g/mol. The van der Waals surface area contributed by atoms with Crippen LogP contribution in [0.25, 0.3) is 10.6 Å². The predicted octanol–water partition coefficient (Wildman–Crippen LogP) is 3.28. The van der Waals surface area contributed by atoms with E-state index in [0.717, 1.165) is 32.2 Å². The molecule has 0 saturated heterocycles. The van der Waals surface area contributed by atoms with Gasteiger partial charge in [-0.1, -0.05) is 35.5 Å². The molecule has 0 aliphatic carbocycles. The van der Waals surface area contributed by atoms with E-state index in [9.17, 15) is 0 Å². The van der Waals surface area contributed by atoms with Gasteiger partial charge in [-0.05, 0) is 22.6 Å². The first-order valence-electron chi connectivity index (χ1n) is 5.78. The highest BCUT2D eigenvalue weighted by Gasteiger charge is 2.08. The molecular formula is C12H10ClN5S2. The van der Waals surface area contributed by atoms with E-state index in [1.165, 1.54) is 0 Å². The molecule has 0 amide bonds. The zero-order chi connectivity index (χ0) is 13.9. The molecule has 0 aliphatic rings. The summed E-state index contributed by atoms with van der Waals surface area (Å²) < 4.78 is 1.65. The molecule has 3 aromatic rings. The molecule has 0 radical (unpaired) electrons. The summed E-state index contributed by atoms with van der Waals surface area (Å²) in [6.07, 6.45) is 0. The van der Waals surface area contributed by atoms with Crippen LogP contribution in [0, 0.1) is 0 Å². The molecule has 1 aromatic carbocycles. The standard InChI is InChI=1S/C12H10ClN5S2/c1-18-12(15-16-17-18)20-7-10-6-19-11(14-10)8-2-4-9(13)5-3-8/h2-6H,7H2,1H3. The van der Waals surface area contributed by atoms with Crippen LogP contribution in [0.15, 0.2) is 34.8 Å². The normalized spacial score (nSPS) is 10.9. The van der Waals surface area contributed by atoms with Crippen LogP contribution in [-0.4, -0.2) is 25.2 Å². The molecule has 102 valence electrons. The molecule has 0 unspecified atom stereocenters. The lowest BCUT2D eigenvalue weighted by molar-refractivity contribution is 0.664. The summed E-state index contributed by atoms with van der Waals surface area (Å²) in [7, 11) is 1.82. The Hall–Kier alpha value is -1.44. The molecule has 20 heavy (non-hydrogen) atoms. The average molecular weight is 324 g/mol. The fourth-order valence-electron chi connectivity index (χ4n) is 1.58. The van der Waals surface area contributed by atoms with Crippen molar-refractivity contribution in [2.24, 2.45) is 7.05 Å². The molecule has 8 heteroatoms. The molecule has 0 atom stereocenters. The quantitative estimate of drug-likeness (QED) is 0.690. The van der Waals surface area contributed by atoms with Gasteiger partial charge in [0.2, 0.25) is 5.16 Å². The van der Waals surface area contributed by atoms with Gasteiger partial charge in [-0.3, -0.25) is 0 Å². The molecule has 3 rings (SSSR count). The van der Waals surface area contributed by atoms with Gasteiger partial charge in [-0.2, -0.15) is 0 Å². The van der Waals surface area contributed by atoms with Crippen LogP contribution in [0.2, 0.25) is 5.02 Å². The number of aromatic nitrogens is 5. The van der Waals surface area contributed by atoms with Crippen LogP contribution in [-0.2, 0) is 12.8 Å². The molecule has 0 saturated carbocycles. The van der Waals surface area contributed by atoms with Crippen molar-refractivity contribution in [1.29, 1.82) is 0 Å². The first-order chi connectivity index (χ1) is 9.72. The summed E-state index contributed by atoms with van der Waals surface area (Å²) in [5, 5.41) is 15.9. The van der Waals surface area contributed by atoms with Crippen molar-refractivity contribution in [3.05, 3.63) is 40.4 Å². The predicted molar refractivity (Wildman–Crippen MR) is 80.9 cm³/mol. The maximum absolute atomic E-state index is 5.88. The van der Waals surface area contributed by atoms with E-state index in [1.807, 2.05) is 31.3 Å². The van der Waals surface area contributed by atoms with Crippen LogP contribution >= 0.6 is 34.7 Å². The van der Waals surface area contributed by atoms with E-state index in [0.29, 0.717) is 0 Å². The molecule has 0 bridgehead atoms. The van der Waals surface area contributed by atoms with Gasteiger partial charge in [-0.25, -0.2) is 9.67 Å². The van der Waals surface area contributed by atoms with Crippen molar-refractivity contribution in [2.45, 2.75) is 10.9 Å². The van der Waals surface area contributed by atoms with Crippen molar-refractivity contribution < 1.29 is 0 Å². The van der Waals surface area contributed by atoms with E-state index < -0.39 is 0 Å². The molecule has 0 fully saturated rings. The average Bonchev–Trinajstić information content (AvgIpc) is 3.06. The minimum Gasteiger partial charge on any atom is -0.240 e. The first-order valence-corrected chi connectivity index (χ1v) is 8.02. The summed E-state index contributed by atoms with van der Waals surface area (Å²) >= 11 is 9.08. The molecule has 2 heterocycles. The largest absolute Gasteiger partial charge is 0.240 e. The van der Waals surface area contributed by atoms with E-state index >= 15 is 0 Å². The minimum absolute atomic E-state index is 0.732. The smallest absolute Gasteiger partial charge is 0.209 e. The number of tetrazole rings is 1. The number of thioether (sulfide) groups is 1. The summed E-state index contributed by atoms with van der Waals surface area (Å²) in [5.41, 5.74) is 2.10. The fourth-order valence-corrected chi connectivity index (χ4v) is 3.38. The van der Waals surface area contributed by atoms with Crippen molar-refractivity contribution in [3.8, 4) is 10.6 Å². The zero-order valence-electron chi connectivity index (χ0n) is 10.5. The van der Waals surface area contributed by atoms with Gasteiger partial charge in [0.1, 0.15) is 5.01 Å². The number of hydrogen-bond donors (Lipinski definition) is 0. The van der Waals surface area contributed by atoms with Crippen LogP contribution in [0.4, 0.5) is 0 Å². The lowest BCUT2D eigenvalue weighted by atomic mass is 10.2. The Labute approximate surface area is 129 Å². The second kappa shape index (κ2) is 5.90. The Morgan fingerprint density at radius 1 is 1.30 bits per heavy atom. The number of nitrogens with zero attached hydrogens (tertiary/aromatic N) is 5. The van der Waals surface area contributed by atoms with Crippen LogP contribution in [0.3, 0.4) is 0 Å². The van der Waals surface area contributed by atoms with Crippen molar-refractivity contribution in [2.75, 3.05) is 0 Å². The van der Waals surface area contributed by atoms with E-state index in [2.05, 4.69) is 25.9 Å². The lowest BCUT2D eigenvalue weighted by Crippen LogP contribution is -1.93. The highest BCUT2D eigenvalue weighted by atomic mass is 35.5. The number of hydrogen-bond acceptors (Lipinski definition) is 6. The molecule has 0 N–H and O–H groups in total. The minimum atomic E-state index is 0.732. The topological polar surface area (TPSA) is 56.5 Å². The molecule has 2 aromatic heterocycles. The van der Waals surface area contributed by atoms with Gasteiger partial charge in [0.15, 0.2) is 0 Å². The summed E-state index contributed by atoms with van der Waals surface area (Å²) in [5.74, 6) is 0.748. The monoisotopic (exact) mass is 323 g/mol. The first kappa shape index (κ1) is 13.5. The Balaban J connectivity index is 1.71. The number of halogens is 1.